The van der Waals surface area contributed by atoms with Crippen LogP contribution in [0.2, 0.25) is 0 Å². The molecule has 1 aliphatic heterocycles. The second-order valence-corrected chi connectivity index (χ2v) is 8.03. The summed E-state index contributed by atoms with van der Waals surface area (Å²) in [7, 11) is 0. The highest BCUT2D eigenvalue weighted by Crippen LogP contribution is 2.22. The van der Waals surface area contributed by atoms with E-state index in [2.05, 4.69) is 46.7 Å². The van der Waals surface area contributed by atoms with Crippen molar-refractivity contribution >= 4 is 29.3 Å². The first-order valence-electron chi connectivity index (χ1n) is 9.75. The average Bonchev–Trinajstić information content (AvgIpc) is 3.13. The molecule has 0 unspecified atom stereocenters. The fourth-order valence-corrected chi connectivity index (χ4v) is 4.19. The molecule has 4 rings (SSSR count). The Bertz CT molecular complexity index is 941. The summed E-state index contributed by atoms with van der Waals surface area (Å²) in [5.74, 6) is 0.121. The third-order valence-corrected chi connectivity index (χ3v) is 6.02. The minimum absolute atomic E-state index is 0.121. The van der Waals surface area contributed by atoms with E-state index in [0.717, 1.165) is 18.5 Å². The Morgan fingerprint density at radius 1 is 1.14 bits per heavy atom. The molecule has 1 fully saturated rings. The predicted molar refractivity (Wildman–Crippen MR) is 116 cm³/mol. The van der Waals surface area contributed by atoms with Crippen molar-refractivity contribution in [2.24, 2.45) is 0 Å². The molecule has 0 aliphatic carbocycles. The largest absolute Gasteiger partial charge is 0.336 e. The molecule has 144 valence electrons. The van der Waals surface area contributed by atoms with Gasteiger partial charge in [0.05, 0.1) is 6.42 Å². The molecular formula is C23H25N3OS. The van der Waals surface area contributed by atoms with E-state index in [1.165, 1.54) is 16.3 Å². The van der Waals surface area contributed by atoms with Crippen molar-refractivity contribution in [1.29, 1.82) is 0 Å². The van der Waals surface area contributed by atoms with Crippen LogP contribution in [0.4, 0.5) is 0 Å². The van der Waals surface area contributed by atoms with E-state index in [-0.39, 0.29) is 17.2 Å². The topological polar surface area (TPSA) is 45.2 Å². The molecule has 1 aliphatic rings. The van der Waals surface area contributed by atoms with Crippen LogP contribution in [-0.4, -0.2) is 40.2 Å². The van der Waals surface area contributed by atoms with Crippen molar-refractivity contribution in [3.05, 3.63) is 78.1 Å². The smallest absolute Gasteiger partial charge is 0.227 e. The SMILES string of the molecule is O=C(Cc1cccnc1)N(Cc1cccc2ccccc12)C[C@@H]1NCC[C@@H]1S. The van der Waals surface area contributed by atoms with Gasteiger partial charge in [0.15, 0.2) is 0 Å². The summed E-state index contributed by atoms with van der Waals surface area (Å²) in [4.78, 5) is 19.3. The van der Waals surface area contributed by atoms with Crippen LogP contribution in [0.25, 0.3) is 10.8 Å². The molecular weight excluding hydrogens is 366 g/mol. The van der Waals surface area contributed by atoms with Crippen LogP contribution in [0.1, 0.15) is 17.5 Å². The van der Waals surface area contributed by atoms with Crippen LogP contribution < -0.4 is 5.32 Å². The number of pyridine rings is 1. The molecule has 0 bridgehead atoms. The van der Waals surface area contributed by atoms with Crippen molar-refractivity contribution in [1.82, 2.24) is 15.2 Å². The van der Waals surface area contributed by atoms with E-state index in [1.54, 1.807) is 12.4 Å². The van der Waals surface area contributed by atoms with Crippen molar-refractivity contribution in [3.63, 3.8) is 0 Å². The predicted octanol–water partition coefficient (Wildman–Crippen LogP) is 3.47. The molecule has 2 aromatic carbocycles. The maximum Gasteiger partial charge on any atom is 0.227 e. The Labute approximate surface area is 171 Å². The summed E-state index contributed by atoms with van der Waals surface area (Å²) in [5.41, 5.74) is 2.11. The maximum atomic E-state index is 13.2. The second-order valence-electron chi connectivity index (χ2n) is 7.37. The Balaban J connectivity index is 1.59. The van der Waals surface area contributed by atoms with Crippen LogP contribution in [0.15, 0.2) is 67.0 Å². The van der Waals surface area contributed by atoms with Crippen molar-refractivity contribution in [2.45, 2.75) is 30.7 Å². The number of benzene rings is 2. The fraction of sp³-hybridized carbons (Fsp3) is 0.304. The number of aromatic nitrogens is 1. The van der Waals surface area contributed by atoms with Gasteiger partial charge in [-0.1, -0.05) is 48.5 Å². The van der Waals surface area contributed by atoms with Gasteiger partial charge in [0.25, 0.3) is 0 Å². The molecule has 2 heterocycles. The number of carbonyl (C=O) groups is 1. The summed E-state index contributed by atoms with van der Waals surface area (Å²) in [5, 5.41) is 6.17. The van der Waals surface area contributed by atoms with Crippen LogP contribution in [0, 0.1) is 0 Å². The Kier molecular flexibility index (Phi) is 5.93. The van der Waals surface area contributed by atoms with Crippen LogP contribution >= 0.6 is 12.6 Å². The third-order valence-electron chi connectivity index (χ3n) is 5.40. The summed E-state index contributed by atoms with van der Waals surface area (Å²) in [6.45, 7) is 2.22. The van der Waals surface area contributed by atoms with Gasteiger partial charge in [0.2, 0.25) is 5.91 Å². The molecule has 0 spiro atoms. The van der Waals surface area contributed by atoms with E-state index in [9.17, 15) is 4.79 Å². The summed E-state index contributed by atoms with van der Waals surface area (Å²) >= 11 is 4.70. The van der Waals surface area contributed by atoms with Gasteiger partial charge in [-0.25, -0.2) is 0 Å². The molecule has 0 radical (unpaired) electrons. The van der Waals surface area contributed by atoms with E-state index < -0.39 is 0 Å². The molecule has 2 atom stereocenters. The van der Waals surface area contributed by atoms with Crippen LogP contribution in [-0.2, 0) is 17.8 Å². The first-order chi connectivity index (χ1) is 13.7. The molecule has 0 saturated carbocycles. The van der Waals surface area contributed by atoms with Gasteiger partial charge in [0.1, 0.15) is 0 Å². The van der Waals surface area contributed by atoms with Gasteiger partial charge >= 0.3 is 0 Å². The molecule has 1 saturated heterocycles. The lowest BCUT2D eigenvalue weighted by atomic mass is 10.0. The van der Waals surface area contributed by atoms with E-state index >= 15 is 0 Å². The molecule has 1 N–H and O–H groups in total. The summed E-state index contributed by atoms with van der Waals surface area (Å²) < 4.78 is 0. The van der Waals surface area contributed by atoms with Gasteiger partial charge in [-0.2, -0.15) is 12.6 Å². The van der Waals surface area contributed by atoms with Gasteiger partial charge in [0, 0.05) is 36.8 Å². The standard InChI is InChI=1S/C23H25N3OS/c27-23(13-17-5-4-11-24-14-17)26(16-21-22(28)10-12-25-21)15-19-8-3-7-18-6-1-2-9-20(18)19/h1-9,11,14,21-22,25,28H,10,12-13,15-16H2/t21-,22-/m0/s1. The van der Waals surface area contributed by atoms with Crippen molar-refractivity contribution in [3.8, 4) is 0 Å². The van der Waals surface area contributed by atoms with Gasteiger partial charge in [-0.15, -0.1) is 0 Å². The highest BCUT2D eigenvalue weighted by molar-refractivity contribution is 7.81. The zero-order valence-corrected chi connectivity index (χ0v) is 16.7. The molecule has 1 amide bonds. The number of carbonyl (C=O) groups excluding carboxylic acids is 1. The number of amides is 1. The van der Waals surface area contributed by atoms with Gasteiger partial charge < -0.3 is 10.2 Å². The second kappa shape index (κ2) is 8.76. The Morgan fingerprint density at radius 3 is 2.79 bits per heavy atom. The third kappa shape index (κ3) is 4.37. The lowest BCUT2D eigenvalue weighted by Crippen LogP contribution is -2.44. The number of thiol groups is 1. The number of rotatable bonds is 6. The highest BCUT2D eigenvalue weighted by atomic mass is 32.1. The van der Waals surface area contributed by atoms with Crippen LogP contribution in [0.3, 0.4) is 0 Å². The van der Waals surface area contributed by atoms with Crippen molar-refractivity contribution < 1.29 is 4.79 Å². The first kappa shape index (κ1) is 19.0. The molecule has 3 aromatic rings. The lowest BCUT2D eigenvalue weighted by Gasteiger charge is -2.28. The monoisotopic (exact) mass is 391 g/mol. The number of hydrogen-bond donors (Lipinski definition) is 2. The first-order valence-corrected chi connectivity index (χ1v) is 10.3. The van der Waals surface area contributed by atoms with E-state index in [4.69, 9.17) is 12.6 Å². The number of nitrogens with zero attached hydrogens (tertiary/aromatic N) is 2. The number of fused-ring (bicyclic) bond motifs is 1. The molecule has 1 aromatic heterocycles. The number of nitrogens with one attached hydrogen (secondary N) is 1. The lowest BCUT2D eigenvalue weighted by molar-refractivity contribution is -0.131. The maximum absolute atomic E-state index is 13.2. The molecule has 28 heavy (non-hydrogen) atoms. The molecule has 5 heteroatoms. The van der Waals surface area contributed by atoms with Crippen molar-refractivity contribution in [2.75, 3.05) is 13.1 Å². The normalized spacial score (nSPS) is 19.0. The van der Waals surface area contributed by atoms with Gasteiger partial charge in [-0.05, 0) is 40.9 Å². The fourth-order valence-electron chi connectivity index (χ4n) is 3.86. The average molecular weight is 392 g/mol. The molecule has 4 nitrogen and oxygen atoms in total. The highest BCUT2D eigenvalue weighted by Gasteiger charge is 2.28. The van der Waals surface area contributed by atoms with Crippen LogP contribution in [0.5, 0.6) is 0 Å². The minimum Gasteiger partial charge on any atom is -0.336 e. The Hall–Kier alpha value is -2.37. The zero-order chi connectivity index (χ0) is 19.3. The van der Waals surface area contributed by atoms with E-state index in [0.29, 0.717) is 19.5 Å². The van der Waals surface area contributed by atoms with Gasteiger partial charge in [-0.3, -0.25) is 9.78 Å². The Morgan fingerprint density at radius 2 is 2.00 bits per heavy atom. The zero-order valence-electron chi connectivity index (χ0n) is 15.8. The summed E-state index contributed by atoms with van der Waals surface area (Å²) in [6.07, 6.45) is 4.90. The van der Waals surface area contributed by atoms with E-state index in [1.807, 2.05) is 23.1 Å². The minimum atomic E-state index is 0.121. The number of hydrogen-bond acceptors (Lipinski definition) is 4. The quantitative estimate of drug-likeness (QED) is 0.633. The summed E-state index contributed by atoms with van der Waals surface area (Å²) in [6, 6.07) is 18.7.